The standard InChI is InChI=1S/C31H35N5OS/c1-6-34(7-2)23-11-13-24(14-12-23)35-21(3)20-27(22(35)4)30-29(28-10-8-9-19-32-28)33-31(38)36(30)25-15-17-26(37-5)18-16-25/h8-20,29-30H,6-7H2,1-5H3,(H,33,38). The molecule has 0 bridgehead atoms. The first-order valence-corrected chi connectivity index (χ1v) is 13.6. The number of ether oxygens (including phenoxy) is 1. The van der Waals surface area contributed by atoms with Crippen molar-refractivity contribution in [2.24, 2.45) is 0 Å². The van der Waals surface area contributed by atoms with Crippen LogP contribution >= 0.6 is 12.2 Å². The van der Waals surface area contributed by atoms with E-state index in [0.717, 1.165) is 35.9 Å². The van der Waals surface area contributed by atoms with Crippen LogP contribution in [0.15, 0.2) is 79.0 Å². The minimum Gasteiger partial charge on any atom is -0.497 e. The molecule has 0 radical (unpaired) electrons. The van der Waals surface area contributed by atoms with Crippen molar-refractivity contribution < 1.29 is 4.74 Å². The second kappa shape index (κ2) is 10.9. The molecule has 1 aliphatic heterocycles. The Balaban J connectivity index is 1.60. The Morgan fingerprint density at radius 2 is 1.63 bits per heavy atom. The number of pyridine rings is 1. The highest BCUT2D eigenvalue weighted by Crippen LogP contribution is 2.44. The van der Waals surface area contributed by atoms with Crippen LogP contribution in [0, 0.1) is 13.8 Å². The molecule has 2 aromatic carbocycles. The van der Waals surface area contributed by atoms with Crippen LogP contribution in [0.1, 0.15) is 48.6 Å². The van der Waals surface area contributed by atoms with Crippen LogP contribution in [0.4, 0.5) is 11.4 Å². The number of nitrogens with zero attached hydrogens (tertiary/aromatic N) is 4. The third kappa shape index (κ3) is 4.63. The molecule has 7 heteroatoms. The molecule has 0 saturated carbocycles. The zero-order valence-corrected chi connectivity index (χ0v) is 23.5. The van der Waals surface area contributed by atoms with Crippen molar-refractivity contribution in [3.63, 3.8) is 0 Å². The van der Waals surface area contributed by atoms with Gasteiger partial charge in [0.1, 0.15) is 5.75 Å². The second-order valence-corrected chi connectivity index (χ2v) is 9.93. The van der Waals surface area contributed by atoms with E-state index in [9.17, 15) is 0 Å². The predicted octanol–water partition coefficient (Wildman–Crippen LogP) is 6.52. The van der Waals surface area contributed by atoms with Crippen molar-refractivity contribution in [2.45, 2.75) is 39.8 Å². The smallest absolute Gasteiger partial charge is 0.174 e. The minimum absolute atomic E-state index is 0.0688. The maximum absolute atomic E-state index is 5.92. The number of benzene rings is 2. The van der Waals surface area contributed by atoms with E-state index >= 15 is 0 Å². The van der Waals surface area contributed by atoms with Crippen LogP contribution in [-0.4, -0.2) is 34.9 Å². The number of methoxy groups -OCH3 is 1. The molecule has 0 spiro atoms. The van der Waals surface area contributed by atoms with Gasteiger partial charge in [-0.2, -0.15) is 0 Å². The van der Waals surface area contributed by atoms with E-state index in [0.29, 0.717) is 5.11 Å². The van der Waals surface area contributed by atoms with Crippen LogP contribution in [0.25, 0.3) is 5.69 Å². The fourth-order valence-electron chi connectivity index (χ4n) is 5.58. The average Bonchev–Trinajstić information content (AvgIpc) is 3.45. The van der Waals surface area contributed by atoms with E-state index in [1.165, 1.54) is 22.6 Å². The van der Waals surface area contributed by atoms with Gasteiger partial charge >= 0.3 is 0 Å². The first-order valence-electron chi connectivity index (χ1n) is 13.2. The Bertz CT molecular complexity index is 1390. The quantitative estimate of drug-likeness (QED) is 0.264. The number of anilines is 2. The Morgan fingerprint density at radius 3 is 2.24 bits per heavy atom. The first-order chi connectivity index (χ1) is 18.5. The molecule has 1 aliphatic rings. The maximum Gasteiger partial charge on any atom is 0.174 e. The number of hydrogen-bond donors (Lipinski definition) is 1. The van der Waals surface area contributed by atoms with Gasteiger partial charge in [-0.1, -0.05) is 6.07 Å². The second-order valence-electron chi connectivity index (χ2n) is 9.55. The monoisotopic (exact) mass is 525 g/mol. The van der Waals surface area contributed by atoms with Gasteiger partial charge in [-0.3, -0.25) is 4.98 Å². The van der Waals surface area contributed by atoms with Gasteiger partial charge in [0.2, 0.25) is 0 Å². The number of hydrogen-bond acceptors (Lipinski definition) is 4. The summed E-state index contributed by atoms with van der Waals surface area (Å²) in [6.07, 6.45) is 1.84. The summed E-state index contributed by atoms with van der Waals surface area (Å²) in [4.78, 5) is 9.28. The molecule has 2 atom stereocenters. The molecule has 0 amide bonds. The van der Waals surface area contributed by atoms with Crippen LogP contribution in [-0.2, 0) is 0 Å². The van der Waals surface area contributed by atoms with E-state index in [1.54, 1.807) is 7.11 Å². The lowest BCUT2D eigenvalue weighted by atomic mass is 9.96. The summed E-state index contributed by atoms with van der Waals surface area (Å²) in [5.74, 6) is 0.816. The van der Waals surface area contributed by atoms with Crippen molar-refractivity contribution in [3.05, 3.63) is 102 Å². The van der Waals surface area contributed by atoms with Crippen LogP contribution < -0.4 is 19.9 Å². The van der Waals surface area contributed by atoms with Gasteiger partial charge in [-0.25, -0.2) is 0 Å². The van der Waals surface area contributed by atoms with Crippen molar-refractivity contribution >= 4 is 28.7 Å². The summed E-state index contributed by atoms with van der Waals surface area (Å²) in [7, 11) is 1.68. The molecule has 196 valence electrons. The number of thiocarbonyl (C=S) groups is 1. The third-order valence-corrected chi connectivity index (χ3v) is 7.79. The van der Waals surface area contributed by atoms with E-state index < -0.39 is 0 Å². The predicted molar refractivity (Wildman–Crippen MR) is 160 cm³/mol. The Hall–Kier alpha value is -3.84. The van der Waals surface area contributed by atoms with Crippen molar-refractivity contribution in [2.75, 3.05) is 30.0 Å². The topological polar surface area (TPSA) is 45.6 Å². The highest BCUT2D eigenvalue weighted by molar-refractivity contribution is 7.80. The van der Waals surface area contributed by atoms with Crippen LogP contribution in [0.3, 0.4) is 0 Å². The molecule has 5 rings (SSSR count). The normalized spacial score (nSPS) is 17.0. The van der Waals surface area contributed by atoms with Gasteiger partial charge in [-0.05, 0) is 112 Å². The molecular formula is C31H35N5OS. The average molecular weight is 526 g/mol. The van der Waals surface area contributed by atoms with Crippen molar-refractivity contribution in [1.29, 1.82) is 0 Å². The molecule has 2 unspecified atom stereocenters. The summed E-state index contributed by atoms with van der Waals surface area (Å²) in [6.45, 7) is 10.7. The van der Waals surface area contributed by atoms with Gasteiger partial charge in [0.25, 0.3) is 0 Å². The SMILES string of the molecule is CCN(CC)c1ccc(-n2c(C)cc(C3C(c4ccccn4)NC(=S)N3c3ccc(OC)cc3)c2C)cc1. The maximum atomic E-state index is 5.92. The van der Waals surface area contributed by atoms with Gasteiger partial charge in [0.05, 0.1) is 24.9 Å². The fraction of sp³-hybridized carbons (Fsp3) is 0.290. The summed E-state index contributed by atoms with van der Waals surface area (Å²) >= 11 is 5.92. The number of nitrogens with one attached hydrogen (secondary N) is 1. The summed E-state index contributed by atoms with van der Waals surface area (Å²) in [5, 5.41) is 4.26. The lowest BCUT2D eigenvalue weighted by molar-refractivity contribution is 0.415. The lowest BCUT2D eigenvalue weighted by Gasteiger charge is -2.28. The highest BCUT2D eigenvalue weighted by atomic mass is 32.1. The van der Waals surface area contributed by atoms with Crippen molar-refractivity contribution in [3.8, 4) is 11.4 Å². The Kier molecular flexibility index (Phi) is 7.38. The van der Waals surface area contributed by atoms with E-state index in [1.807, 2.05) is 30.5 Å². The lowest BCUT2D eigenvalue weighted by Crippen LogP contribution is -2.29. The molecule has 1 saturated heterocycles. The fourth-order valence-corrected chi connectivity index (χ4v) is 5.92. The van der Waals surface area contributed by atoms with Gasteiger partial charge in [0, 0.05) is 47.7 Å². The molecule has 4 aromatic rings. The van der Waals surface area contributed by atoms with Crippen LogP contribution in [0.5, 0.6) is 5.75 Å². The van der Waals surface area contributed by atoms with Crippen molar-refractivity contribution in [1.82, 2.24) is 14.9 Å². The zero-order chi connectivity index (χ0) is 26.8. The highest BCUT2D eigenvalue weighted by Gasteiger charge is 2.42. The largest absolute Gasteiger partial charge is 0.497 e. The third-order valence-electron chi connectivity index (χ3n) is 7.47. The number of aromatic nitrogens is 2. The molecule has 6 nitrogen and oxygen atoms in total. The van der Waals surface area contributed by atoms with E-state index in [-0.39, 0.29) is 12.1 Å². The minimum atomic E-state index is -0.0928. The summed E-state index contributed by atoms with van der Waals surface area (Å²) in [5.41, 5.74) is 7.96. The first kappa shape index (κ1) is 25.8. The van der Waals surface area contributed by atoms with Gasteiger partial charge in [0.15, 0.2) is 5.11 Å². The van der Waals surface area contributed by atoms with Gasteiger partial charge < -0.3 is 24.4 Å². The zero-order valence-electron chi connectivity index (χ0n) is 22.7. The molecule has 3 heterocycles. The molecular weight excluding hydrogens is 490 g/mol. The van der Waals surface area contributed by atoms with Gasteiger partial charge in [-0.15, -0.1) is 0 Å². The molecule has 1 fully saturated rings. The van der Waals surface area contributed by atoms with E-state index in [2.05, 4.69) is 95.9 Å². The molecule has 2 aromatic heterocycles. The summed E-state index contributed by atoms with van der Waals surface area (Å²) < 4.78 is 7.74. The number of rotatable bonds is 8. The molecule has 0 aliphatic carbocycles. The summed E-state index contributed by atoms with van der Waals surface area (Å²) in [6, 6.07) is 25.1. The number of aryl methyl sites for hydroxylation is 1. The van der Waals surface area contributed by atoms with E-state index in [4.69, 9.17) is 21.9 Å². The van der Waals surface area contributed by atoms with Crippen LogP contribution in [0.2, 0.25) is 0 Å². The molecule has 1 N–H and O–H groups in total. The molecule has 38 heavy (non-hydrogen) atoms. The Morgan fingerprint density at radius 1 is 0.947 bits per heavy atom. The Labute approximate surface area is 230 Å².